The molecule has 0 bridgehead atoms. The largest absolute Gasteiger partial charge is 0.457 e. The zero-order valence-corrected chi connectivity index (χ0v) is 14.4. The van der Waals surface area contributed by atoms with Crippen molar-refractivity contribution in [1.82, 2.24) is 5.32 Å². The lowest BCUT2D eigenvalue weighted by Gasteiger charge is -2.15. The van der Waals surface area contributed by atoms with Crippen molar-refractivity contribution in [2.24, 2.45) is 5.73 Å². The second-order valence-electron chi connectivity index (χ2n) is 5.18. The molecule has 0 radical (unpaired) electrons. The first-order valence-electron chi connectivity index (χ1n) is 7.26. The van der Waals surface area contributed by atoms with Gasteiger partial charge in [-0.3, -0.25) is 4.79 Å². The molecular formula is C17H17F3N2O2S. The van der Waals surface area contributed by atoms with Gasteiger partial charge in [-0.15, -0.1) is 11.8 Å². The van der Waals surface area contributed by atoms with Gasteiger partial charge in [0.2, 0.25) is 5.91 Å². The molecule has 2 aromatic carbocycles. The van der Waals surface area contributed by atoms with E-state index >= 15 is 0 Å². The number of amides is 1. The van der Waals surface area contributed by atoms with Gasteiger partial charge >= 0.3 is 6.18 Å². The number of hydrogen-bond donors (Lipinski definition) is 2. The average molecular weight is 370 g/mol. The Morgan fingerprint density at radius 1 is 1.24 bits per heavy atom. The molecule has 0 unspecified atom stereocenters. The molecule has 0 spiro atoms. The van der Waals surface area contributed by atoms with Crippen molar-refractivity contribution in [2.75, 3.05) is 13.3 Å². The summed E-state index contributed by atoms with van der Waals surface area (Å²) in [6, 6.07) is 8.36. The number of primary amides is 1. The van der Waals surface area contributed by atoms with Crippen LogP contribution in [0.1, 0.15) is 21.5 Å². The maximum Gasteiger partial charge on any atom is 0.417 e. The molecule has 0 aliphatic rings. The summed E-state index contributed by atoms with van der Waals surface area (Å²) in [5.74, 6) is -0.175. The molecule has 2 rings (SSSR count). The average Bonchev–Trinajstić information content (AvgIpc) is 2.55. The summed E-state index contributed by atoms with van der Waals surface area (Å²) in [7, 11) is 1.70. The van der Waals surface area contributed by atoms with E-state index in [0.717, 1.165) is 17.8 Å². The highest BCUT2D eigenvalue weighted by Crippen LogP contribution is 2.39. The summed E-state index contributed by atoms with van der Waals surface area (Å²) in [6.45, 7) is 0.367. The van der Waals surface area contributed by atoms with Gasteiger partial charge in [0.15, 0.2) is 0 Å². The second kappa shape index (κ2) is 7.79. The monoisotopic (exact) mass is 370 g/mol. The summed E-state index contributed by atoms with van der Waals surface area (Å²) in [6.07, 6.45) is -2.89. The van der Waals surface area contributed by atoms with Gasteiger partial charge in [-0.25, -0.2) is 0 Å². The minimum atomic E-state index is -4.47. The lowest BCUT2D eigenvalue weighted by atomic mass is 10.1. The molecule has 0 aliphatic heterocycles. The van der Waals surface area contributed by atoms with Gasteiger partial charge in [0, 0.05) is 22.6 Å². The van der Waals surface area contributed by atoms with Crippen LogP contribution in [-0.2, 0) is 12.7 Å². The number of carbonyl (C=O) groups excluding carboxylic acids is 1. The van der Waals surface area contributed by atoms with Crippen molar-refractivity contribution >= 4 is 17.7 Å². The lowest BCUT2D eigenvalue weighted by Crippen LogP contribution is -2.13. The number of hydrogen-bond acceptors (Lipinski definition) is 4. The fraction of sp³-hybridized carbons (Fsp3) is 0.235. The van der Waals surface area contributed by atoms with E-state index in [0.29, 0.717) is 23.4 Å². The Labute approximate surface area is 147 Å². The Morgan fingerprint density at radius 3 is 2.52 bits per heavy atom. The van der Waals surface area contributed by atoms with Crippen LogP contribution in [0, 0.1) is 0 Å². The van der Waals surface area contributed by atoms with Gasteiger partial charge in [-0.05, 0) is 49.7 Å². The summed E-state index contributed by atoms with van der Waals surface area (Å²) < 4.78 is 45.1. The Kier molecular flexibility index (Phi) is 5.97. The molecule has 0 fully saturated rings. The molecule has 0 saturated carbocycles. The number of ether oxygens (including phenoxy) is 1. The molecule has 0 heterocycles. The number of nitrogens with one attached hydrogen (secondary N) is 1. The Morgan fingerprint density at radius 2 is 1.96 bits per heavy atom. The minimum absolute atomic E-state index is 0.0642. The summed E-state index contributed by atoms with van der Waals surface area (Å²) in [5, 5.41) is 2.91. The summed E-state index contributed by atoms with van der Waals surface area (Å²) in [5.41, 5.74) is 5.41. The van der Waals surface area contributed by atoms with Gasteiger partial charge in [0.1, 0.15) is 11.5 Å². The SMILES string of the molecule is CNCc1cc(C(N)=O)ccc1Oc1ccc(SC)c(C(F)(F)F)c1. The highest BCUT2D eigenvalue weighted by molar-refractivity contribution is 7.98. The van der Waals surface area contributed by atoms with Crippen molar-refractivity contribution in [3.05, 3.63) is 53.1 Å². The number of rotatable bonds is 6. The number of alkyl halides is 3. The summed E-state index contributed by atoms with van der Waals surface area (Å²) >= 11 is 1.02. The third kappa shape index (κ3) is 4.67. The van der Waals surface area contributed by atoms with E-state index in [4.69, 9.17) is 10.5 Å². The molecule has 0 aliphatic carbocycles. The van der Waals surface area contributed by atoms with Gasteiger partial charge < -0.3 is 15.8 Å². The zero-order valence-electron chi connectivity index (χ0n) is 13.6. The zero-order chi connectivity index (χ0) is 18.6. The van der Waals surface area contributed by atoms with Gasteiger partial charge in [0.05, 0.1) is 5.56 Å². The first kappa shape index (κ1) is 19.1. The molecule has 1 amide bonds. The Hall–Kier alpha value is -2.19. The standard InChI is InChI=1S/C17H17F3N2O2S/c1-22-9-11-7-10(16(21)23)3-5-14(11)24-12-4-6-15(25-2)13(8-12)17(18,19)20/h3-8,22H,9H2,1-2H3,(H2,21,23). The number of benzene rings is 2. The van der Waals surface area contributed by atoms with Crippen molar-refractivity contribution in [2.45, 2.75) is 17.6 Å². The normalized spacial score (nSPS) is 11.4. The molecule has 0 atom stereocenters. The second-order valence-corrected chi connectivity index (χ2v) is 6.03. The van der Waals surface area contributed by atoms with Crippen molar-refractivity contribution < 1.29 is 22.7 Å². The molecular weight excluding hydrogens is 353 g/mol. The molecule has 4 nitrogen and oxygen atoms in total. The van der Waals surface area contributed by atoms with E-state index in [9.17, 15) is 18.0 Å². The van der Waals surface area contributed by atoms with E-state index in [1.54, 1.807) is 19.4 Å². The van der Waals surface area contributed by atoms with Crippen LogP contribution in [-0.4, -0.2) is 19.2 Å². The highest BCUT2D eigenvalue weighted by atomic mass is 32.2. The Bertz CT molecular complexity index is 779. The van der Waals surface area contributed by atoms with Crippen LogP contribution < -0.4 is 15.8 Å². The van der Waals surface area contributed by atoms with Crippen LogP contribution in [0.25, 0.3) is 0 Å². The van der Waals surface area contributed by atoms with E-state index in [2.05, 4.69) is 5.32 Å². The van der Waals surface area contributed by atoms with Gasteiger partial charge in [-0.1, -0.05) is 0 Å². The maximum absolute atomic E-state index is 13.2. The quantitative estimate of drug-likeness (QED) is 0.754. The van der Waals surface area contributed by atoms with E-state index in [-0.39, 0.29) is 10.6 Å². The van der Waals surface area contributed by atoms with Crippen molar-refractivity contribution in [3.8, 4) is 11.5 Å². The molecule has 134 valence electrons. The number of nitrogens with two attached hydrogens (primary N) is 1. The molecule has 25 heavy (non-hydrogen) atoms. The maximum atomic E-state index is 13.2. The molecule has 0 aromatic heterocycles. The predicted octanol–water partition coefficient (Wildman–Crippen LogP) is 4.04. The van der Waals surface area contributed by atoms with E-state index in [1.807, 2.05) is 0 Å². The van der Waals surface area contributed by atoms with Crippen LogP contribution in [0.3, 0.4) is 0 Å². The van der Waals surface area contributed by atoms with Crippen LogP contribution in [0.2, 0.25) is 0 Å². The fourth-order valence-corrected chi connectivity index (χ4v) is 2.86. The number of halogens is 3. The highest BCUT2D eigenvalue weighted by Gasteiger charge is 2.33. The van der Waals surface area contributed by atoms with E-state index in [1.165, 1.54) is 24.3 Å². The smallest absolute Gasteiger partial charge is 0.417 e. The number of carbonyl (C=O) groups is 1. The molecule has 8 heteroatoms. The first-order chi connectivity index (χ1) is 11.8. The Balaban J connectivity index is 2.40. The fourth-order valence-electron chi connectivity index (χ4n) is 2.26. The third-order valence-corrected chi connectivity index (χ3v) is 4.21. The third-order valence-electron chi connectivity index (χ3n) is 3.42. The molecule has 0 saturated heterocycles. The van der Waals surface area contributed by atoms with Gasteiger partial charge in [-0.2, -0.15) is 13.2 Å². The summed E-state index contributed by atoms with van der Waals surface area (Å²) in [4.78, 5) is 11.4. The number of thioether (sulfide) groups is 1. The minimum Gasteiger partial charge on any atom is -0.457 e. The van der Waals surface area contributed by atoms with Crippen LogP contribution in [0.5, 0.6) is 11.5 Å². The first-order valence-corrected chi connectivity index (χ1v) is 8.49. The van der Waals surface area contributed by atoms with Crippen molar-refractivity contribution in [3.63, 3.8) is 0 Å². The molecule has 3 N–H and O–H groups in total. The van der Waals surface area contributed by atoms with Crippen molar-refractivity contribution in [1.29, 1.82) is 0 Å². The topological polar surface area (TPSA) is 64.3 Å². The lowest BCUT2D eigenvalue weighted by molar-refractivity contribution is -0.139. The molecule has 2 aromatic rings. The van der Waals surface area contributed by atoms with Crippen LogP contribution in [0.15, 0.2) is 41.3 Å². The van der Waals surface area contributed by atoms with Gasteiger partial charge in [0.25, 0.3) is 0 Å². The van der Waals surface area contributed by atoms with E-state index < -0.39 is 17.6 Å². The van der Waals surface area contributed by atoms with Crippen LogP contribution >= 0.6 is 11.8 Å². The predicted molar refractivity (Wildman–Crippen MR) is 91.0 cm³/mol. The van der Waals surface area contributed by atoms with Crippen LogP contribution in [0.4, 0.5) is 13.2 Å².